The Balaban J connectivity index is 1.64. The molecular formula is C20H25N3O4. The Hall–Kier alpha value is -2.83. The number of nitrogens with zero attached hydrogens (tertiary/aromatic N) is 3. The first-order valence-corrected chi connectivity index (χ1v) is 9.14. The monoisotopic (exact) mass is 371 g/mol. The van der Waals surface area contributed by atoms with E-state index in [1.165, 1.54) is 7.11 Å². The van der Waals surface area contributed by atoms with Crippen LogP contribution in [-0.4, -0.2) is 53.2 Å². The molecule has 27 heavy (non-hydrogen) atoms. The summed E-state index contributed by atoms with van der Waals surface area (Å²) >= 11 is 0. The van der Waals surface area contributed by atoms with Gasteiger partial charge in [0.15, 0.2) is 0 Å². The lowest BCUT2D eigenvalue weighted by molar-refractivity contribution is 0.0519. The first-order chi connectivity index (χ1) is 13.1. The summed E-state index contributed by atoms with van der Waals surface area (Å²) in [6, 6.07) is 7.26. The molecule has 1 aliphatic heterocycles. The van der Waals surface area contributed by atoms with Crippen LogP contribution in [0, 0.1) is 0 Å². The van der Waals surface area contributed by atoms with Crippen LogP contribution in [0.1, 0.15) is 37.0 Å². The van der Waals surface area contributed by atoms with E-state index in [1.54, 1.807) is 24.5 Å². The van der Waals surface area contributed by atoms with Gasteiger partial charge in [-0.3, -0.25) is 4.79 Å². The molecule has 0 radical (unpaired) electrons. The van der Waals surface area contributed by atoms with E-state index < -0.39 is 0 Å². The molecule has 0 saturated carbocycles. The van der Waals surface area contributed by atoms with Crippen molar-refractivity contribution in [3.8, 4) is 17.5 Å². The van der Waals surface area contributed by atoms with Crippen molar-refractivity contribution in [3.05, 3.63) is 42.2 Å². The van der Waals surface area contributed by atoms with Gasteiger partial charge >= 0.3 is 0 Å². The van der Waals surface area contributed by atoms with Crippen LogP contribution in [-0.2, 0) is 0 Å². The average Bonchev–Trinajstić information content (AvgIpc) is 2.68. The number of aromatic nitrogens is 2. The zero-order valence-corrected chi connectivity index (χ0v) is 15.9. The van der Waals surface area contributed by atoms with Crippen LogP contribution in [0.5, 0.6) is 17.5 Å². The van der Waals surface area contributed by atoms with Crippen molar-refractivity contribution in [2.75, 3.05) is 20.2 Å². The van der Waals surface area contributed by atoms with Crippen molar-refractivity contribution < 1.29 is 19.0 Å². The molecule has 3 rings (SSSR count). The van der Waals surface area contributed by atoms with E-state index in [2.05, 4.69) is 9.97 Å². The molecule has 1 aromatic heterocycles. The van der Waals surface area contributed by atoms with Crippen LogP contribution in [0.3, 0.4) is 0 Å². The molecule has 7 nitrogen and oxygen atoms in total. The molecule has 2 aromatic rings. The van der Waals surface area contributed by atoms with E-state index in [0.29, 0.717) is 30.4 Å². The van der Waals surface area contributed by atoms with Crippen LogP contribution < -0.4 is 14.2 Å². The lowest BCUT2D eigenvalue weighted by atomic mass is 10.1. The van der Waals surface area contributed by atoms with Crippen LogP contribution >= 0.6 is 0 Å². The number of carbonyl (C=O) groups excluding carboxylic acids is 1. The predicted molar refractivity (Wildman–Crippen MR) is 100 cm³/mol. The maximum Gasteiger partial charge on any atom is 0.278 e. The topological polar surface area (TPSA) is 73.8 Å². The molecule has 1 atom stereocenters. The molecule has 1 aromatic carbocycles. The number of methoxy groups -OCH3 is 1. The molecule has 0 spiro atoms. The number of ether oxygens (including phenoxy) is 3. The van der Waals surface area contributed by atoms with Gasteiger partial charge in [0.1, 0.15) is 11.9 Å². The average molecular weight is 371 g/mol. The minimum absolute atomic E-state index is 0.00879. The number of piperidine rings is 1. The molecule has 1 saturated heterocycles. The summed E-state index contributed by atoms with van der Waals surface area (Å²) in [6.07, 6.45) is 4.79. The number of amides is 1. The third-order valence-corrected chi connectivity index (χ3v) is 4.24. The second-order valence-corrected chi connectivity index (χ2v) is 6.70. The van der Waals surface area contributed by atoms with E-state index >= 15 is 0 Å². The molecule has 7 heteroatoms. The van der Waals surface area contributed by atoms with Crippen molar-refractivity contribution in [3.63, 3.8) is 0 Å². The lowest BCUT2D eigenvalue weighted by Crippen LogP contribution is -2.44. The van der Waals surface area contributed by atoms with Crippen LogP contribution in [0.15, 0.2) is 36.7 Å². The van der Waals surface area contributed by atoms with Crippen molar-refractivity contribution >= 4 is 5.91 Å². The zero-order valence-electron chi connectivity index (χ0n) is 15.9. The highest BCUT2D eigenvalue weighted by Gasteiger charge is 2.27. The Labute approximate surface area is 159 Å². The van der Waals surface area contributed by atoms with Gasteiger partial charge < -0.3 is 19.1 Å². The Morgan fingerprint density at radius 1 is 1.15 bits per heavy atom. The van der Waals surface area contributed by atoms with E-state index in [-0.39, 0.29) is 18.1 Å². The Kier molecular flexibility index (Phi) is 6.11. The predicted octanol–water partition coefficient (Wildman–Crippen LogP) is 2.96. The minimum atomic E-state index is -0.142. The van der Waals surface area contributed by atoms with Crippen LogP contribution in [0.2, 0.25) is 0 Å². The first kappa shape index (κ1) is 18.9. The highest BCUT2D eigenvalue weighted by atomic mass is 16.5. The summed E-state index contributed by atoms with van der Waals surface area (Å²) in [4.78, 5) is 22.9. The quantitative estimate of drug-likeness (QED) is 0.777. The van der Waals surface area contributed by atoms with Gasteiger partial charge in [-0.1, -0.05) is 0 Å². The first-order valence-electron chi connectivity index (χ1n) is 9.14. The third-order valence-electron chi connectivity index (χ3n) is 4.24. The van der Waals surface area contributed by atoms with Crippen LogP contribution in [0.4, 0.5) is 0 Å². The molecular weight excluding hydrogens is 346 g/mol. The molecule has 0 bridgehead atoms. The maximum atomic E-state index is 12.8. The van der Waals surface area contributed by atoms with Crippen LogP contribution in [0.25, 0.3) is 0 Å². The Morgan fingerprint density at radius 3 is 2.52 bits per heavy atom. The van der Waals surface area contributed by atoms with Gasteiger partial charge in [-0.2, -0.15) is 0 Å². The molecule has 144 valence electrons. The third kappa shape index (κ3) is 4.87. The van der Waals surface area contributed by atoms with Crippen molar-refractivity contribution in [2.45, 2.75) is 38.9 Å². The Morgan fingerprint density at radius 2 is 1.85 bits per heavy atom. The fourth-order valence-electron chi connectivity index (χ4n) is 3.04. The lowest BCUT2D eigenvalue weighted by Gasteiger charge is -2.32. The van der Waals surface area contributed by atoms with Gasteiger partial charge in [-0.25, -0.2) is 9.97 Å². The number of likely N-dealkylation sites (tertiary alicyclic amines) is 1. The highest BCUT2D eigenvalue weighted by molar-refractivity contribution is 5.94. The number of rotatable bonds is 6. The smallest absolute Gasteiger partial charge is 0.278 e. The molecule has 1 unspecified atom stereocenters. The SMILES string of the molecule is COc1nccnc1OC1CCCN(C(=O)c2ccc(OC(C)C)cc2)C1. The molecule has 1 fully saturated rings. The largest absolute Gasteiger partial charge is 0.491 e. The van der Waals surface area contributed by atoms with Gasteiger partial charge in [0, 0.05) is 24.5 Å². The number of hydrogen-bond acceptors (Lipinski definition) is 6. The fraction of sp³-hybridized carbons (Fsp3) is 0.450. The second-order valence-electron chi connectivity index (χ2n) is 6.70. The van der Waals surface area contributed by atoms with Crippen molar-refractivity contribution in [1.29, 1.82) is 0 Å². The van der Waals surface area contributed by atoms with Crippen molar-refractivity contribution in [1.82, 2.24) is 14.9 Å². The molecule has 2 heterocycles. The Bertz CT molecular complexity index is 764. The van der Waals surface area contributed by atoms with E-state index in [1.807, 2.05) is 30.9 Å². The van der Waals surface area contributed by atoms with Gasteiger partial charge in [-0.05, 0) is 51.0 Å². The summed E-state index contributed by atoms with van der Waals surface area (Å²) in [7, 11) is 1.53. The molecule has 0 aliphatic carbocycles. The van der Waals surface area contributed by atoms with E-state index in [0.717, 1.165) is 18.6 Å². The van der Waals surface area contributed by atoms with Gasteiger partial charge in [-0.15, -0.1) is 0 Å². The number of benzene rings is 1. The maximum absolute atomic E-state index is 12.8. The molecule has 1 aliphatic rings. The second kappa shape index (κ2) is 8.70. The normalized spacial score (nSPS) is 16.9. The highest BCUT2D eigenvalue weighted by Crippen LogP contribution is 2.24. The number of hydrogen-bond donors (Lipinski definition) is 0. The minimum Gasteiger partial charge on any atom is -0.491 e. The standard InChI is InChI=1S/C20H25N3O4/c1-14(2)26-16-8-6-15(7-9-16)20(24)23-12-4-5-17(13-23)27-19-18(25-3)21-10-11-22-19/h6-11,14,17H,4-5,12-13H2,1-3H3. The van der Waals surface area contributed by atoms with Gasteiger partial charge in [0.25, 0.3) is 17.7 Å². The summed E-state index contributed by atoms with van der Waals surface area (Å²) in [5, 5.41) is 0. The number of carbonyl (C=O) groups is 1. The molecule has 0 N–H and O–H groups in total. The van der Waals surface area contributed by atoms with E-state index in [9.17, 15) is 4.79 Å². The van der Waals surface area contributed by atoms with Gasteiger partial charge in [0.05, 0.1) is 19.8 Å². The van der Waals surface area contributed by atoms with Gasteiger partial charge in [0.2, 0.25) is 0 Å². The van der Waals surface area contributed by atoms with E-state index in [4.69, 9.17) is 14.2 Å². The summed E-state index contributed by atoms with van der Waals surface area (Å²) in [5.41, 5.74) is 0.642. The summed E-state index contributed by atoms with van der Waals surface area (Å²) in [5.74, 6) is 1.46. The fourth-order valence-corrected chi connectivity index (χ4v) is 3.04. The van der Waals surface area contributed by atoms with Crippen molar-refractivity contribution in [2.24, 2.45) is 0 Å². The summed E-state index contributed by atoms with van der Waals surface area (Å²) in [6.45, 7) is 5.15. The molecule has 1 amide bonds. The zero-order chi connectivity index (χ0) is 19.2. The summed E-state index contributed by atoms with van der Waals surface area (Å²) < 4.78 is 16.8.